The van der Waals surface area contributed by atoms with Crippen LogP contribution >= 0.6 is 39.0 Å². The van der Waals surface area contributed by atoms with E-state index < -0.39 is 10.0 Å². The molecule has 4 nitrogen and oxygen atoms in total. The predicted molar refractivity (Wildman–Crippen MR) is 78.6 cm³/mol. The van der Waals surface area contributed by atoms with Crippen LogP contribution < -0.4 is 4.72 Å². The molecule has 1 fully saturated rings. The Labute approximate surface area is 123 Å². The van der Waals surface area contributed by atoms with Gasteiger partial charge >= 0.3 is 0 Å². The molecule has 1 saturated heterocycles. The fraction of sp³-hybridized carbons (Fsp3) is 0.600. The van der Waals surface area contributed by atoms with Crippen molar-refractivity contribution in [1.29, 1.82) is 0 Å². The lowest BCUT2D eigenvalue weighted by Crippen LogP contribution is -2.29. The zero-order valence-electron chi connectivity index (χ0n) is 9.56. The zero-order valence-corrected chi connectivity index (χ0v) is 13.6. The van der Waals surface area contributed by atoms with Crippen LogP contribution in [0.1, 0.15) is 17.7 Å². The predicted octanol–water partition coefficient (Wildman–Crippen LogP) is 2.18. The zero-order chi connectivity index (χ0) is 13.2. The van der Waals surface area contributed by atoms with Gasteiger partial charge in [0.25, 0.3) is 0 Å². The summed E-state index contributed by atoms with van der Waals surface area (Å²) in [6.45, 7) is 0.334. The summed E-state index contributed by atoms with van der Waals surface area (Å²) in [5.74, 6) is 1.11. The summed E-state index contributed by atoms with van der Waals surface area (Å²) in [6.07, 6.45) is 2.23. The molecule has 0 amide bonds. The molecule has 1 unspecified atom stereocenters. The number of sulfonamides is 1. The molecule has 18 heavy (non-hydrogen) atoms. The van der Waals surface area contributed by atoms with Crippen molar-refractivity contribution in [2.75, 3.05) is 12.3 Å². The third-order valence-corrected chi connectivity index (χ3v) is 7.74. The van der Waals surface area contributed by atoms with Crippen molar-refractivity contribution in [2.45, 2.75) is 29.6 Å². The van der Waals surface area contributed by atoms with Crippen molar-refractivity contribution in [3.8, 4) is 0 Å². The first-order valence-electron chi connectivity index (χ1n) is 5.53. The van der Waals surface area contributed by atoms with Crippen molar-refractivity contribution in [2.24, 2.45) is 0 Å². The summed E-state index contributed by atoms with van der Waals surface area (Å²) in [6, 6.07) is 1.51. The Morgan fingerprint density at radius 2 is 2.33 bits per heavy atom. The van der Waals surface area contributed by atoms with Crippen LogP contribution in [-0.2, 0) is 16.6 Å². The van der Waals surface area contributed by atoms with Crippen LogP contribution in [0.4, 0.5) is 0 Å². The molecule has 1 atom stereocenters. The van der Waals surface area contributed by atoms with Crippen LogP contribution in [0.15, 0.2) is 14.7 Å². The lowest BCUT2D eigenvalue weighted by molar-refractivity contribution is 0.285. The summed E-state index contributed by atoms with van der Waals surface area (Å²) in [4.78, 5) is 0.858. The molecule has 8 heteroatoms. The minimum Gasteiger partial charge on any atom is -0.391 e. The number of rotatable bonds is 5. The van der Waals surface area contributed by atoms with Crippen molar-refractivity contribution in [3.63, 3.8) is 0 Å². The van der Waals surface area contributed by atoms with E-state index in [0.717, 1.165) is 18.6 Å². The van der Waals surface area contributed by atoms with Crippen LogP contribution in [0.25, 0.3) is 0 Å². The highest BCUT2D eigenvalue weighted by atomic mass is 79.9. The van der Waals surface area contributed by atoms with Gasteiger partial charge in [0.05, 0.1) is 10.4 Å². The van der Waals surface area contributed by atoms with Gasteiger partial charge in [0.2, 0.25) is 10.0 Å². The van der Waals surface area contributed by atoms with E-state index in [1.54, 1.807) is 0 Å². The van der Waals surface area contributed by atoms with Gasteiger partial charge in [-0.25, -0.2) is 13.1 Å². The average molecular weight is 372 g/mol. The molecule has 1 aliphatic rings. The van der Waals surface area contributed by atoms with E-state index in [4.69, 9.17) is 5.11 Å². The number of halogens is 1. The lowest BCUT2D eigenvalue weighted by atomic mass is 10.2. The minimum atomic E-state index is -3.48. The molecule has 0 spiro atoms. The number of thioether (sulfide) groups is 1. The largest absolute Gasteiger partial charge is 0.391 e. The molecule has 2 heterocycles. The van der Waals surface area contributed by atoms with Crippen LogP contribution in [0.2, 0.25) is 0 Å². The number of aliphatic hydroxyl groups is 1. The SMILES string of the molecule is O=S(=O)(NCC1CCCS1)c1cc(CO)sc1Br. The van der Waals surface area contributed by atoms with Crippen molar-refractivity contribution in [3.05, 3.63) is 14.7 Å². The molecule has 2 rings (SSSR count). The average Bonchev–Trinajstić information content (AvgIpc) is 2.95. The molecule has 0 saturated carbocycles. The Morgan fingerprint density at radius 3 is 2.89 bits per heavy atom. The first-order valence-corrected chi connectivity index (χ1v) is 9.67. The first-order chi connectivity index (χ1) is 8.53. The fourth-order valence-electron chi connectivity index (χ4n) is 1.74. The number of aliphatic hydroxyl groups excluding tert-OH is 1. The molecule has 0 bridgehead atoms. The molecule has 1 aromatic rings. The van der Waals surface area contributed by atoms with Crippen molar-refractivity contribution >= 4 is 49.1 Å². The number of hydrogen-bond donors (Lipinski definition) is 2. The van der Waals surface area contributed by atoms with Crippen LogP contribution in [0.5, 0.6) is 0 Å². The second-order valence-electron chi connectivity index (χ2n) is 4.00. The molecule has 0 aliphatic carbocycles. The van der Waals surface area contributed by atoms with E-state index >= 15 is 0 Å². The van der Waals surface area contributed by atoms with Gasteiger partial charge in [-0.05, 0) is 40.6 Å². The molecule has 2 N–H and O–H groups in total. The Balaban J connectivity index is 2.06. The third-order valence-electron chi connectivity index (χ3n) is 2.68. The van der Waals surface area contributed by atoms with Crippen LogP contribution in [0.3, 0.4) is 0 Å². The second-order valence-corrected chi connectivity index (χ2v) is 9.59. The van der Waals surface area contributed by atoms with Gasteiger partial charge in [-0.1, -0.05) is 0 Å². The third kappa shape index (κ3) is 3.49. The Morgan fingerprint density at radius 1 is 1.56 bits per heavy atom. The first kappa shape index (κ1) is 14.8. The topological polar surface area (TPSA) is 66.4 Å². The van der Waals surface area contributed by atoms with E-state index in [1.807, 2.05) is 11.8 Å². The summed E-state index contributed by atoms with van der Waals surface area (Å²) in [5.41, 5.74) is 0. The van der Waals surface area contributed by atoms with E-state index in [1.165, 1.54) is 17.4 Å². The molecule has 0 aromatic carbocycles. The number of thiophene rings is 1. The maximum absolute atomic E-state index is 12.1. The van der Waals surface area contributed by atoms with Gasteiger partial charge in [0.15, 0.2) is 0 Å². The highest BCUT2D eigenvalue weighted by molar-refractivity contribution is 9.11. The smallest absolute Gasteiger partial charge is 0.242 e. The van der Waals surface area contributed by atoms with Gasteiger partial charge in [-0.3, -0.25) is 0 Å². The quantitative estimate of drug-likeness (QED) is 0.832. The highest BCUT2D eigenvalue weighted by Crippen LogP contribution is 2.32. The van der Waals surface area contributed by atoms with Crippen LogP contribution in [-0.4, -0.2) is 31.1 Å². The molecule has 1 aliphatic heterocycles. The summed E-state index contributed by atoms with van der Waals surface area (Å²) >= 11 is 6.29. The lowest BCUT2D eigenvalue weighted by Gasteiger charge is -2.10. The molecule has 0 radical (unpaired) electrons. The summed E-state index contributed by atoms with van der Waals surface area (Å²) in [7, 11) is -3.48. The van der Waals surface area contributed by atoms with Crippen LogP contribution in [0, 0.1) is 0 Å². The van der Waals surface area contributed by atoms with Gasteiger partial charge in [-0.15, -0.1) is 11.3 Å². The Hall–Kier alpha value is 0.400. The normalized spacial score (nSPS) is 20.4. The number of nitrogens with one attached hydrogen (secondary N) is 1. The second kappa shape index (κ2) is 6.23. The summed E-state index contributed by atoms with van der Waals surface area (Å²) < 4.78 is 27.4. The number of hydrogen-bond acceptors (Lipinski definition) is 5. The van der Waals surface area contributed by atoms with E-state index in [9.17, 15) is 8.42 Å². The Kier molecular flexibility index (Phi) is 5.13. The highest BCUT2D eigenvalue weighted by Gasteiger charge is 2.23. The molecular formula is C10H14BrNO3S3. The van der Waals surface area contributed by atoms with Gasteiger partial charge in [-0.2, -0.15) is 11.8 Å². The van der Waals surface area contributed by atoms with Gasteiger partial charge < -0.3 is 5.11 Å². The van der Waals surface area contributed by atoms with Gasteiger partial charge in [0, 0.05) is 16.7 Å². The van der Waals surface area contributed by atoms with Crippen molar-refractivity contribution < 1.29 is 13.5 Å². The molecule has 102 valence electrons. The maximum atomic E-state index is 12.1. The summed E-state index contributed by atoms with van der Waals surface area (Å²) in [5, 5.41) is 9.40. The fourth-order valence-corrected chi connectivity index (χ4v) is 6.67. The van der Waals surface area contributed by atoms with Gasteiger partial charge in [0.1, 0.15) is 4.90 Å². The van der Waals surface area contributed by atoms with E-state index in [2.05, 4.69) is 20.7 Å². The van der Waals surface area contributed by atoms with Crippen molar-refractivity contribution in [1.82, 2.24) is 4.72 Å². The molecular weight excluding hydrogens is 358 g/mol. The minimum absolute atomic E-state index is 0.142. The van der Waals surface area contributed by atoms with E-state index in [0.29, 0.717) is 20.5 Å². The monoisotopic (exact) mass is 371 g/mol. The Bertz CT molecular complexity index is 508. The standard InChI is InChI=1S/C10H14BrNO3S3/c11-10-9(4-8(6-13)17-10)18(14,15)12-5-7-2-1-3-16-7/h4,7,12-13H,1-3,5-6H2. The van der Waals surface area contributed by atoms with E-state index in [-0.39, 0.29) is 11.5 Å². The maximum Gasteiger partial charge on any atom is 0.242 e. The molecule has 1 aromatic heterocycles.